The van der Waals surface area contributed by atoms with Crippen molar-refractivity contribution in [3.05, 3.63) is 0 Å². The van der Waals surface area contributed by atoms with Gasteiger partial charge in [-0.2, -0.15) is 0 Å². The van der Waals surface area contributed by atoms with Crippen molar-refractivity contribution in [1.29, 1.82) is 0 Å². The predicted octanol–water partition coefficient (Wildman–Crippen LogP) is 0.928. The second-order valence-electron chi connectivity index (χ2n) is 1.43. The van der Waals surface area contributed by atoms with Gasteiger partial charge in [-0.05, 0) is 6.42 Å². The van der Waals surface area contributed by atoms with Gasteiger partial charge in [-0.15, -0.1) is 0 Å². The maximum Gasteiger partial charge on any atom is 0.293 e. The van der Waals surface area contributed by atoms with Crippen molar-refractivity contribution in [3.63, 3.8) is 0 Å². The molecule has 2 nitrogen and oxygen atoms in total. The Bertz CT molecular complexity index is 50.9. The highest BCUT2D eigenvalue weighted by Crippen LogP contribution is 1.98. The van der Waals surface area contributed by atoms with E-state index in [-0.39, 0.29) is 0 Å². The minimum atomic E-state index is -3.26. The molecule has 0 amide bonds. The minimum absolute atomic E-state index is 0.319. The van der Waals surface area contributed by atoms with Gasteiger partial charge in [0.15, 0.2) is 0 Å². The minimum Gasteiger partial charge on any atom is -0.396 e. The first kappa shape index (κ1) is 12.4. The molecule has 0 aliphatic heterocycles. The number of hydrogen-bond acceptors (Lipinski definition) is 2. The Hall–Kier alpha value is -0.290. The molecule has 0 bridgehead atoms. The number of hydrogen-bond donors (Lipinski definition) is 2. The lowest BCUT2D eigenvalue weighted by atomic mass is 10.5. The van der Waals surface area contributed by atoms with Gasteiger partial charge in [0, 0.05) is 6.61 Å². The molecule has 10 heavy (non-hydrogen) atoms. The van der Waals surface area contributed by atoms with Crippen molar-refractivity contribution >= 4 is 0 Å². The van der Waals surface area contributed by atoms with Crippen molar-refractivity contribution in [3.8, 4) is 0 Å². The Labute approximate surface area is 57.3 Å². The molecule has 1 unspecified atom stereocenters. The van der Waals surface area contributed by atoms with Gasteiger partial charge in [0.25, 0.3) is 12.8 Å². The first-order valence-corrected chi connectivity index (χ1v) is 2.77. The van der Waals surface area contributed by atoms with Crippen LogP contribution in [0.5, 0.6) is 0 Å². The van der Waals surface area contributed by atoms with Gasteiger partial charge in [0.1, 0.15) is 0 Å². The van der Waals surface area contributed by atoms with Crippen LogP contribution in [-0.2, 0) is 0 Å². The van der Waals surface area contributed by atoms with Crippen molar-refractivity contribution in [2.75, 3.05) is 6.61 Å². The molecule has 0 aromatic rings. The van der Waals surface area contributed by atoms with Gasteiger partial charge < -0.3 is 10.2 Å². The van der Waals surface area contributed by atoms with Gasteiger partial charge in [-0.25, -0.2) is 13.2 Å². The second-order valence-corrected chi connectivity index (χ2v) is 1.43. The smallest absolute Gasteiger partial charge is 0.293 e. The van der Waals surface area contributed by atoms with Crippen molar-refractivity contribution in [2.45, 2.75) is 26.1 Å². The summed E-state index contributed by atoms with van der Waals surface area (Å²) >= 11 is 0. The van der Waals surface area contributed by atoms with E-state index in [1.807, 2.05) is 6.92 Å². The van der Waals surface area contributed by atoms with Gasteiger partial charge in [0.2, 0.25) is 0 Å². The summed E-state index contributed by atoms with van der Waals surface area (Å²) in [6.45, 7) is 2.25. The van der Waals surface area contributed by atoms with E-state index in [1.54, 1.807) is 0 Å². The van der Waals surface area contributed by atoms with Crippen LogP contribution in [0.25, 0.3) is 0 Å². The van der Waals surface area contributed by atoms with Crippen LogP contribution in [0, 0.1) is 0 Å². The molecule has 0 radical (unpaired) electrons. The van der Waals surface area contributed by atoms with Crippen molar-refractivity contribution in [2.24, 2.45) is 0 Å². The lowest BCUT2D eigenvalue weighted by Crippen LogP contribution is -2.08. The van der Waals surface area contributed by atoms with E-state index in [0.717, 1.165) is 6.42 Å². The number of aliphatic hydroxyl groups is 2. The normalized spacial score (nSPS) is 12.3. The fourth-order valence-corrected chi connectivity index (χ4v) is 0. The summed E-state index contributed by atoms with van der Waals surface area (Å²) in [5.74, 6) is 0. The summed E-state index contributed by atoms with van der Waals surface area (Å²) in [6, 6.07) is 0. The average Bonchev–Trinajstić information content (AvgIpc) is 1.89. The zero-order chi connectivity index (χ0) is 8.57. The molecule has 2 N–H and O–H groups in total. The molecule has 0 aromatic heterocycles. The van der Waals surface area contributed by atoms with Crippen molar-refractivity contribution < 1.29 is 23.4 Å². The lowest BCUT2D eigenvalue weighted by Gasteiger charge is -1.92. The molecule has 0 aliphatic rings. The first-order chi connectivity index (χ1) is 4.56. The number of halogens is 3. The summed E-state index contributed by atoms with van der Waals surface area (Å²) in [6.07, 6.45) is -5.37. The van der Waals surface area contributed by atoms with E-state index in [9.17, 15) is 13.2 Å². The van der Waals surface area contributed by atoms with Gasteiger partial charge >= 0.3 is 0 Å². The van der Waals surface area contributed by atoms with Gasteiger partial charge in [0.05, 0.1) is 0 Å². The molecule has 0 saturated heterocycles. The molecular formula is C5H11F3O2. The fourth-order valence-electron chi connectivity index (χ4n) is 0. The summed E-state index contributed by atoms with van der Waals surface area (Å²) in [7, 11) is 0. The summed E-state index contributed by atoms with van der Waals surface area (Å²) in [5, 5.41) is 15.1. The van der Waals surface area contributed by atoms with E-state index < -0.39 is 12.8 Å². The molecule has 0 aliphatic carbocycles. The molecule has 0 heterocycles. The number of alkyl halides is 3. The van der Waals surface area contributed by atoms with Crippen LogP contribution in [0.1, 0.15) is 13.3 Å². The first-order valence-electron chi connectivity index (χ1n) is 2.77. The SMILES string of the molecule is CCCO.OC(F)C(F)F. The molecule has 0 aromatic carbocycles. The van der Waals surface area contributed by atoms with Crippen LogP contribution in [-0.4, -0.2) is 29.6 Å². The average molecular weight is 160 g/mol. The van der Waals surface area contributed by atoms with E-state index in [4.69, 9.17) is 10.2 Å². The quantitative estimate of drug-likeness (QED) is 0.630. The molecule has 0 rings (SSSR count). The molecule has 64 valence electrons. The van der Waals surface area contributed by atoms with Crippen LogP contribution in [0.2, 0.25) is 0 Å². The fraction of sp³-hybridized carbons (Fsp3) is 1.00. The highest BCUT2D eigenvalue weighted by atomic mass is 19.3. The van der Waals surface area contributed by atoms with Crippen LogP contribution >= 0.6 is 0 Å². The molecule has 1 atom stereocenters. The third kappa shape index (κ3) is 15.6. The third-order valence-electron chi connectivity index (χ3n) is 0.432. The molecule has 0 spiro atoms. The lowest BCUT2D eigenvalue weighted by molar-refractivity contribution is -0.0843. The highest BCUT2D eigenvalue weighted by molar-refractivity contribution is 4.34. The number of aliphatic hydroxyl groups excluding tert-OH is 2. The predicted molar refractivity (Wildman–Crippen MR) is 30.5 cm³/mol. The van der Waals surface area contributed by atoms with Gasteiger partial charge in [-0.1, -0.05) is 6.92 Å². The van der Waals surface area contributed by atoms with Crippen LogP contribution in [0.4, 0.5) is 13.2 Å². The van der Waals surface area contributed by atoms with Crippen LogP contribution in [0.3, 0.4) is 0 Å². The third-order valence-corrected chi connectivity index (χ3v) is 0.432. The molecule has 0 saturated carbocycles. The summed E-state index contributed by atoms with van der Waals surface area (Å²) in [4.78, 5) is 0. The zero-order valence-corrected chi connectivity index (χ0v) is 5.60. The standard InChI is InChI=1S/C3H8O.C2H3F3O/c1-2-3-4;3-1(4)2(5)6/h4H,2-3H2,1H3;1-2,6H. The van der Waals surface area contributed by atoms with E-state index in [2.05, 4.69) is 0 Å². The molecule has 5 heteroatoms. The van der Waals surface area contributed by atoms with Crippen LogP contribution < -0.4 is 0 Å². The highest BCUT2D eigenvalue weighted by Gasteiger charge is 2.12. The maximum absolute atomic E-state index is 10.6. The Morgan fingerprint density at radius 2 is 1.50 bits per heavy atom. The summed E-state index contributed by atoms with van der Waals surface area (Å²) in [5.41, 5.74) is 0. The second kappa shape index (κ2) is 8.71. The van der Waals surface area contributed by atoms with Crippen molar-refractivity contribution in [1.82, 2.24) is 0 Å². The Balaban J connectivity index is 0. The maximum atomic E-state index is 10.6. The van der Waals surface area contributed by atoms with Gasteiger partial charge in [-0.3, -0.25) is 0 Å². The van der Waals surface area contributed by atoms with E-state index in [1.165, 1.54) is 0 Å². The van der Waals surface area contributed by atoms with E-state index >= 15 is 0 Å². The van der Waals surface area contributed by atoms with E-state index in [0.29, 0.717) is 6.61 Å². The Kier molecular flexibility index (Phi) is 10.8. The number of rotatable bonds is 2. The zero-order valence-electron chi connectivity index (χ0n) is 5.60. The Morgan fingerprint density at radius 1 is 1.30 bits per heavy atom. The largest absolute Gasteiger partial charge is 0.396 e. The topological polar surface area (TPSA) is 40.5 Å². The molecule has 0 fully saturated rings. The summed E-state index contributed by atoms with van der Waals surface area (Å²) < 4.78 is 31.7. The van der Waals surface area contributed by atoms with Crippen LogP contribution in [0.15, 0.2) is 0 Å². The Morgan fingerprint density at radius 3 is 1.50 bits per heavy atom. The molecular weight excluding hydrogens is 149 g/mol. The monoisotopic (exact) mass is 160 g/mol.